The van der Waals surface area contributed by atoms with Crippen molar-refractivity contribution in [2.24, 2.45) is 35.5 Å². The number of carbonyl (C=O) groups is 3. The zero-order valence-corrected chi connectivity index (χ0v) is 41.5. The number of rotatable bonds is 20. The van der Waals surface area contributed by atoms with Gasteiger partial charge in [0.2, 0.25) is 0 Å². The highest BCUT2D eigenvalue weighted by Gasteiger charge is 2.48. The van der Waals surface area contributed by atoms with Gasteiger partial charge in [0.15, 0.2) is 5.78 Å². The van der Waals surface area contributed by atoms with Crippen molar-refractivity contribution in [3.05, 3.63) is 90.6 Å². The number of methoxy groups -OCH3 is 1. The highest BCUT2D eigenvalue weighted by molar-refractivity contribution is 6.24. The maximum absolute atomic E-state index is 14.4. The Hall–Kier alpha value is -4.53. The van der Waals surface area contributed by atoms with Gasteiger partial charge < -0.3 is 29.7 Å². The Morgan fingerprint density at radius 2 is 1.41 bits per heavy atom. The molecule has 6 rings (SSSR count). The number of allylic oxidation sites excluding steroid dienone is 3. The molecule has 9 heteroatoms. The van der Waals surface area contributed by atoms with Crippen LogP contribution in [0, 0.1) is 56.3 Å². The molecule has 0 radical (unpaired) electrons. The molecule has 350 valence electrons. The third-order valence-corrected chi connectivity index (χ3v) is 15.2. The van der Waals surface area contributed by atoms with Crippen LogP contribution in [0.3, 0.4) is 0 Å². The molecule has 5 atom stereocenters. The Labute approximate surface area is 384 Å². The van der Waals surface area contributed by atoms with Crippen LogP contribution in [0.25, 0.3) is 11.6 Å². The lowest BCUT2D eigenvalue weighted by molar-refractivity contribution is -0.143. The minimum atomic E-state index is -1.11. The quantitative estimate of drug-likeness (QED) is 0.0508. The standard InChI is InChI=1S/C55H80N4O5/c1-13-39-35(8)42-28-44-37(10)41(24-25-48(60)64-27-26-34(7)23-17-22-33(6)21-16-20-32(5)19-15-18-31(3)4)52(58-44)50-51(55(62)63-12)54(61)49-38(11)45(59-53(49)50)30-47-40(14-2)36(9)43(57-47)29-46(39)56-42/h26,28,31-33,37,41,51,56-59H,13-25,27,29-30H2,1-12H3/b34-26-,44-28-,52-50-/t32-,33-,37+,41+,51-/m1/s1. The lowest BCUT2D eigenvalue weighted by Crippen LogP contribution is -2.25. The van der Waals surface area contributed by atoms with Crippen molar-refractivity contribution in [3.63, 3.8) is 0 Å². The molecule has 8 bridgehead atoms. The van der Waals surface area contributed by atoms with E-state index in [1.54, 1.807) is 0 Å². The molecule has 0 aromatic carbocycles. The zero-order valence-electron chi connectivity index (χ0n) is 41.5. The van der Waals surface area contributed by atoms with Crippen LogP contribution in [0.15, 0.2) is 23.0 Å². The van der Waals surface area contributed by atoms with E-state index < -0.39 is 11.9 Å². The number of aromatic amines is 3. The van der Waals surface area contributed by atoms with Crippen molar-refractivity contribution in [1.29, 1.82) is 0 Å². The topological polar surface area (TPSA) is 129 Å². The molecule has 3 aromatic rings. The van der Waals surface area contributed by atoms with Gasteiger partial charge in [0.1, 0.15) is 12.5 Å². The lowest BCUT2D eigenvalue weighted by Gasteiger charge is -2.19. The van der Waals surface area contributed by atoms with Crippen LogP contribution in [0.5, 0.6) is 0 Å². The summed E-state index contributed by atoms with van der Waals surface area (Å²) in [7, 11) is 1.34. The van der Waals surface area contributed by atoms with E-state index in [1.807, 2.05) is 6.92 Å². The smallest absolute Gasteiger partial charge is 0.321 e. The molecule has 9 nitrogen and oxygen atoms in total. The van der Waals surface area contributed by atoms with E-state index in [9.17, 15) is 14.4 Å². The number of aromatic nitrogens is 3. The van der Waals surface area contributed by atoms with Crippen LogP contribution >= 0.6 is 0 Å². The first-order valence-electron chi connectivity index (χ1n) is 24.8. The van der Waals surface area contributed by atoms with Crippen molar-refractivity contribution in [2.45, 2.75) is 172 Å². The number of ether oxygens (including phenoxy) is 2. The summed E-state index contributed by atoms with van der Waals surface area (Å²) in [5.41, 5.74) is 16.4. The van der Waals surface area contributed by atoms with Gasteiger partial charge in [-0.25, -0.2) is 0 Å². The van der Waals surface area contributed by atoms with Gasteiger partial charge in [-0.15, -0.1) is 0 Å². The van der Waals surface area contributed by atoms with E-state index in [2.05, 4.69) is 102 Å². The molecule has 1 aliphatic carbocycles. The molecule has 1 saturated heterocycles. The molecule has 2 aliphatic heterocycles. The number of fused-ring (bicyclic) bond motifs is 7. The summed E-state index contributed by atoms with van der Waals surface area (Å²) in [5.74, 6) is -0.0629. The van der Waals surface area contributed by atoms with Crippen LogP contribution in [0.4, 0.5) is 0 Å². The number of hydrogen-bond donors (Lipinski definition) is 4. The number of nitrogens with one attached hydrogen (secondary N) is 4. The number of hydrogen-bond acceptors (Lipinski definition) is 6. The van der Waals surface area contributed by atoms with Crippen LogP contribution in [0.2, 0.25) is 0 Å². The second-order valence-electron chi connectivity index (χ2n) is 20.2. The molecule has 4 N–H and O–H groups in total. The normalized spacial score (nSPS) is 21.3. The Kier molecular flexibility index (Phi) is 16.5. The van der Waals surface area contributed by atoms with Crippen molar-refractivity contribution >= 4 is 29.4 Å². The first-order chi connectivity index (χ1) is 30.6. The van der Waals surface area contributed by atoms with Gasteiger partial charge in [0.05, 0.1) is 12.8 Å². The van der Waals surface area contributed by atoms with Gasteiger partial charge in [0, 0.05) is 82.1 Å². The van der Waals surface area contributed by atoms with E-state index in [-0.39, 0.29) is 36.6 Å². The third-order valence-electron chi connectivity index (χ3n) is 15.2. The molecule has 0 spiro atoms. The largest absolute Gasteiger partial charge is 0.468 e. The van der Waals surface area contributed by atoms with Gasteiger partial charge in [-0.3, -0.25) is 14.4 Å². The Balaban J connectivity index is 1.19. The van der Waals surface area contributed by atoms with Crippen molar-refractivity contribution in [2.75, 3.05) is 13.7 Å². The van der Waals surface area contributed by atoms with Gasteiger partial charge >= 0.3 is 11.9 Å². The first-order valence-corrected chi connectivity index (χ1v) is 24.8. The average Bonchev–Trinajstić information content (AvgIpc) is 3.99. The molecule has 3 aliphatic rings. The molecule has 1 fully saturated rings. The maximum Gasteiger partial charge on any atom is 0.321 e. The fourth-order valence-corrected chi connectivity index (χ4v) is 11.0. The van der Waals surface area contributed by atoms with Gasteiger partial charge in [-0.1, -0.05) is 99.0 Å². The molecule has 5 heterocycles. The fraction of sp³-hybridized carbons (Fsp3) is 0.618. The van der Waals surface area contributed by atoms with Crippen LogP contribution < -0.4 is 5.32 Å². The van der Waals surface area contributed by atoms with E-state index in [1.165, 1.54) is 91.3 Å². The molecule has 64 heavy (non-hydrogen) atoms. The predicted octanol–water partition coefficient (Wildman–Crippen LogP) is 12.5. The Bertz CT molecular complexity index is 2260. The average molecular weight is 877 g/mol. The first kappa shape index (κ1) is 48.9. The van der Waals surface area contributed by atoms with Gasteiger partial charge in [-0.2, -0.15) is 0 Å². The van der Waals surface area contributed by atoms with Crippen LogP contribution in [-0.4, -0.2) is 46.4 Å². The minimum absolute atomic E-state index is 0.0438. The summed E-state index contributed by atoms with van der Waals surface area (Å²) >= 11 is 0. The van der Waals surface area contributed by atoms with Crippen molar-refractivity contribution in [3.8, 4) is 0 Å². The minimum Gasteiger partial charge on any atom is -0.468 e. The Morgan fingerprint density at radius 3 is 2.05 bits per heavy atom. The summed E-state index contributed by atoms with van der Waals surface area (Å²) in [6.45, 7) is 24.8. The highest BCUT2D eigenvalue weighted by atomic mass is 16.5. The molecular formula is C55H80N4O5. The third kappa shape index (κ3) is 10.8. The highest BCUT2D eigenvalue weighted by Crippen LogP contribution is 2.48. The fourth-order valence-electron chi connectivity index (χ4n) is 11.0. The molecule has 0 saturated carbocycles. The summed E-state index contributed by atoms with van der Waals surface area (Å²) in [6.07, 6.45) is 19.5. The lowest BCUT2D eigenvalue weighted by atomic mass is 9.85. The van der Waals surface area contributed by atoms with Gasteiger partial charge in [0.25, 0.3) is 0 Å². The van der Waals surface area contributed by atoms with E-state index in [4.69, 9.17) is 9.47 Å². The number of H-pyrrole nitrogens is 3. The second-order valence-corrected chi connectivity index (χ2v) is 20.2. The Morgan fingerprint density at radius 1 is 0.797 bits per heavy atom. The zero-order chi connectivity index (χ0) is 46.4. The molecular weight excluding hydrogens is 797 g/mol. The van der Waals surface area contributed by atoms with E-state index in [0.29, 0.717) is 29.7 Å². The van der Waals surface area contributed by atoms with Crippen LogP contribution in [-0.2, 0) is 44.7 Å². The number of esters is 2. The molecule has 0 unspecified atom stereocenters. The van der Waals surface area contributed by atoms with Crippen molar-refractivity contribution < 1.29 is 23.9 Å². The van der Waals surface area contributed by atoms with E-state index >= 15 is 0 Å². The summed E-state index contributed by atoms with van der Waals surface area (Å²) in [6, 6.07) is 0. The number of carbonyl (C=O) groups excluding carboxylic acids is 3. The monoisotopic (exact) mass is 877 g/mol. The maximum atomic E-state index is 14.4. The number of ketones is 1. The van der Waals surface area contributed by atoms with Crippen molar-refractivity contribution in [1.82, 2.24) is 20.3 Å². The molecule has 3 aromatic heterocycles. The summed E-state index contributed by atoms with van der Waals surface area (Å²) < 4.78 is 11.1. The van der Waals surface area contributed by atoms with E-state index in [0.717, 1.165) is 83.9 Å². The summed E-state index contributed by atoms with van der Waals surface area (Å²) in [5, 5.41) is 3.76. The SMILES string of the molecule is CCc1c2[nH]c(c1C)/C=C1\N/C(=C3\c4[nH]c(c(C)c4C(=O)[C@@H]3C(=O)OC)Cc3[nH]c(c(C)c3CC)C2)[C@@H](CCC(=O)OC/C=C(/C)CCC[C@H](C)CCC[C@H](C)CCCC(C)C)[C@@H]1C. The van der Waals surface area contributed by atoms with Gasteiger partial charge in [-0.05, 0) is 118 Å². The predicted molar refractivity (Wildman–Crippen MR) is 260 cm³/mol. The van der Waals surface area contributed by atoms with Crippen LogP contribution in [0.1, 0.15) is 198 Å². The summed E-state index contributed by atoms with van der Waals surface area (Å²) in [4.78, 5) is 52.8. The number of Topliss-reactive ketones (excluding diaryl/α,β-unsaturated/α-hetero) is 1. The molecule has 0 amide bonds. The second kappa shape index (κ2) is 21.6.